The molecule has 0 fully saturated rings. The fourth-order valence-corrected chi connectivity index (χ4v) is 2.83. The molecule has 6 nitrogen and oxygen atoms in total. The smallest absolute Gasteiger partial charge is 0.252 e. The van der Waals surface area contributed by atoms with Crippen LogP contribution in [0.15, 0.2) is 60.9 Å². The van der Waals surface area contributed by atoms with Crippen LogP contribution in [0.25, 0.3) is 22.3 Å². The highest BCUT2D eigenvalue weighted by atomic mass is 16.1. The van der Waals surface area contributed by atoms with Crippen LogP contribution < -0.4 is 5.32 Å². The van der Waals surface area contributed by atoms with Crippen molar-refractivity contribution in [2.75, 3.05) is 0 Å². The zero-order valence-corrected chi connectivity index (χ0v) is 14.2. The van der Waals surface area contributed by atoms with Crippen LogP contribution in [0.1, 0.15) is 21.6 Å². The Labute approximate surface area is 150 Å². The van der Waals surface area contributed by atoms with Crippen molar-refractivity contribution in [3.63, 3.8) is 0 Å². The third kappa shape index (κ3) is 3.04. The lowest BCUT2D eigenvalue weighted by molar-refractivity contribution is 0.0952. The third-order valence-corrected chi connectivity index (χ3v) is 4.26. The molecule has 0 unspecified atom stereocenters. The van der Waals surface area contributed by atoms with E-state index in [1.165, 1.54) is 0 Å². The lowest BCUT2D eigenvalue weighted by Crippen LogP contribution is -2.23. The Morgan fingerprint density at radius 1 is 1.12 bits per heavy atom. The molecule has 0 radical (unpaired) electrons. The predicted octanol–water partition coefficient (Wildman–Crippen LogP) is 3.26. The largest absolute Gasteiger partial charge is 0.348 e. The Morgan fingerprint density at radius 3 is 2.73 bits per heavy atom. The summed E-state index contributed by atoms with van der Waals surface area (Å²) in [4.78, 5) is 21.9. The van der Waals surface area contributed by atoms with Gasteiger partial charge in [-0.2, -0.15) is 5.10 Å². The number of H-pyrrole nitrogens is 1. The maximum absolute atomic E-state index is 12.9. The van der Waals surface area contributed by atoms with Crippen molar-refractivity contribution in [3.8, 4) is 11.4 Å². The number of carbonyl (C=O) groups excluding carboxylic acids is 1. The number of rotatable bonds is 4. The number of carbonyl (C=O) groups is 1. The molecule has 0 atom stereocenters. The second-order valence-electron chi connectivity index (χ2n) is 5.99. The van der Waals surface area contributed by atoms with Gasteiger partial charge in [0.25, 0.3) is 5.91 Å². The van der Waals surface area contributed by atoms with E-state index in [0.717, 1.165) is 27.9 Å². The zero-order valence-electron chi connectivity index (χ0n) is 14.2. The number of aryl methyl sites for hydroxylation is 1. The summed E-state index contributed by atoms with van der Waals surface area (Å²) < 4.78 is 0. The topological polar surface area (TPSA) is 83.6 Å². The van der Waals surface area contributed by atoms with Crippen molar-refractivity contribution in [2.24, 2.45) is 0 Å². The average molecular weight is 343 g/mol. The fraction of sp³-hybridized carbons (Fsp3) is 0.100. The first-order valence-corrected chi connectivity index (χ1v) is 8.30. The number of hydrogen-bond acceptors (Lipinski definition) is 4. The summed E-state index contributed by atoms with van der Waals surface area (Å²) in [5, 5.41) is 10.6. The van der Waals surface area contributed by atoms with E-state index in [1.807, 2.05) is 49.4 Å². The molecule has 0 spiro atoms. The molecule has 0 aliphatic carbocycles. The van der Waals surface area contributed by atoms with Crippen LogP contribution in [-0.4, -0.2) is 26.1 Å². The Balaban J connectivity index is 1.73. The molecular formula is C20H17N5O. The Hall–Kier alpha value is -3.54. The quantitative estimate of drug-likeness (QED) is 0.596. The molecular weight excluding hydrogens is 326 g/mol. The second-order valence-corrected chi connectivity index (χ2v) is 5.99. The molecule has 6 heteroatoms. The van der Waals surface area contributed by atoms with E-state index in [4.69, 9.17) is 0 Å². The Morgan fingerprint density at radius 2 is 1.96 bits per heavy atom. The minimum Gasteiger partial charge on any atom is -0.348 e. The highest BCUT2D eigenvalue weighted by molar-refractivity contribution is 6.07. The van der Waals surface area contributed by atoms with Gasteiger partial charge < -0.3 is 5.32 Å². The van der Waals surface area contributed by atoms with E-state index in [1.54, 1.807) is 18.5 Å². The number of pyridine rings is 2. The molecule has 4 aromatic rings. The number of fused-ring (bicyclic) bond motifs is 1. The van der Waals surface area contributed by atoms with Crippen LogP contribution >= 0.6 is 0 Å². The van der Waals surface area contributed by atoms with Crippen molar-refractivity contribution in [1.29, 1.82) is 0 Å². The summed E-state index contributed by atoms with van der Waals surface area (Å²) in [6, 6.07) is 15.1. The first-order chi connectivity index (χ1) is 12.7. The summed E-state index contributed by atoms with van der Waals surface area (Å²) >= 11 is 0. The van der Waals surface area contributed by atoms with Gasteiger partial charge in [-0.25, -0.2) is 4.98 Å². The molecule has 128 valence electrons. The average Bonchev–Trinajstić information content (AvgIpc) is 3.10. The first-order valence-electron chi connectivity index (χ1n) is 8.30. The molecule has 2 N–H and O–H groups in total. The van der Waals surface area contributed by atoms with Gasteiger partial charge in [-0.1, -0.05) is 24.3 Å². The molecule has 26 heavy (non-hydrogen) atoms. The molecule has 0 aliphatic heterocycles. The summed E-state index contributed by atoms with van der Waals surface area (Å²) in [5.41, 5.74) is 4.66. The van der Waals surface area contributed by atoms with Gasteiger partial charge in [0.2, 0.25) is 0 Å². The molecule has 0 saturated carbocycles. The SMILES string of the molecule is Cc1[nH]ncc1CNC(=O)c1cc(-c2ccccn2)nc2ccccc12. The Bertz CT molecular complexity index is 1070. The first kappa shape index (κ1) is 16.0. The van der Waals surface area contributed by atoms with Crippen LogP contribution in [0, 0.1) is 6.92 Å². The van der Waals surface area contributed by atoms with Crippen molar-refractivity contribution in [2.45, 2.75) is 13.5 Å². The molecule has 0 bridgehead atoms. The number of amides is 1. The predicted molar refractivity (Wildman–Crippen MR) is 99.5 cm³/mol. The van der Waals surface area contributed by atoms with Gasteiger partial charge in [-0.15, -0.1) is 0 Å². The van der Waals surface area contributed by atoms with Crippen LogP contribution in [0.4, 0.5) is 0 Å². The number of aromatic nitrogens is 4. The summed E-state index contributed by atoms with van der Waals surface area (Å²) in [5.74, 6) is -0.151. The summed E-state index contributed by atoms with van der Waals surface area (Å²) in [6.07, 6.45) is 3.44. The zero-order chi connectivity index (χ0) is 17.9. The van der Waals surface area contributed by atoms with Gasteiger partial charge in [-0.05, 0) is 31.2 Å². The van der Waals surface area contributed by atoms with Crippen LogP contribution in [0.5, 0.6) is 0 Å². The lowest BCUT2D eigenvalue weighted by Gasteiger charge is -2.10. The number of nitrogens with zero attached hydrogens (tertiary/aromatic N) is 3. The van der Waals surface area contributed by atoms with Crippen molar-refractivity contribution in [3.05, 3.63) is 77.7 Å². The van der Waals surface area contributed by atoms with Gasteiger partial charge in [-0.3, -0.25) is 14.9 Å². The van der Waals surface area contributed by atoms with Crippen LogP contribution in [-0.2, 0) is 6.54 Å². The highest BCUT2D eigenvalue weighted by Crippen LogP contribution is 2.23. The number of benzene rings is 1. The van der Waals surface area contributed by atoms with Gasteiger partial charge >= 0.3 is 0 Å². The molecule has 1 aromatic carbocycles. The van der Waals surface area contributed by atoms with Crippen molar-refractivity contribution < 1.29 is 4.79 Å². The monoisotopic (exact) mass is 343 g/mol. The van der Waals surface area contributed by atoms with Gasteiger partial charge in [0.1, 0.15) is 0 Å². The number of aromatic amines is 1. The van der Waals surface area contributed by atoms with Gasteiger partial charge in [0.15, 0.2) is 0 Å². The number of hydrogen-bond donors (Lipinski definition) is 2. The van der Waals surface area contributed by atoms with Crippen molar-refractivity contribution >= 4 is 16.8 Å². The minimum atomic E-state index is -0.151. The van der Waals surface area contributed by atoms with Gasteiger partial charge in [0.05, 0.1) is 28.7 Å². The lowest BCUT2D eigenvalue weighted by atomic mass is 10.1. The van der Waals surface area contributed by atoms with E-state index in [2.05, 4.69) is 25.5 Å². The van der Waals surface area contributed by atoms with E-state index >= 15 is 0 Å². The molecule has 3 aromatic heterocycles. The molecule has 4 rings (SSSR count). The number of para-hydroxylation sites is 1. The van der Waals surface area contributed by atoms with E-state index in [-0.39, 0.29) is 5.91 Å². The van der Waals surface area contributed by atoms with Crippen LogP contribution in [0.2, 0.25) is 0 Å². The van der Waals surface area contributed by atoms with E-state index in [0.29, 0.717) is 17.8 Å². The maximum Gasteiger partial charge on any atom is 0.252 e. The standard InChI is InChI=1S/C20H17N5O/c1-13-14(12-23-25-13)11-22-20(26)16-10-19(18-8-4-5-9-21-18)24-17-7-3-2-6-15(16)17/h2-10,12H,11H2,1H3,(H,22,26)(H,23,25). The van der Waals surface area contributed by atoms with E-state index in [9.17, 15) is 4.79 Å². The number of nitrogens with one attached hydrogen (secondary N) is 2. The molecule has 0 aliphatic rings. The summed E-state index contributed by atoms with van der Waals surface area (Å²) in [6.45, 7) is 2.34. The summed E-state index contributed by atoms with van der Waals surface area (Å²) in [7, 11) is 0. The minimum absolute atomic E-state index is 0.151. The third-order valence-electron chi connectivity index (χ3n) is 4.26. The Kier molecular flexibility index (Phi) is 4.15. The molecule has 3 heterocycles. The van der Waals surface area contributed by atoms with Crippen LogP contribution in [0.3, 0.4) is 0 Å². The highest BCUT2D eigenvalue weighted by Gasteiger charge is 2.14. The van der Waals surface area contributed by atoms with E-state index < -0.39 is 0 Å². The normalized spacial score (nSPS) is 10.8. The molecule has 1 amide bonds. The second kappa shape index (κ2) is 6.76. The fourth-order valence-electron chi connectivity index (χ4n) is 2.83. The molecule has 0 saturated heterocycles. The van der Waals surface area contributed by atoms with Gasteiger partial charge in [0, 0.05) is 29.4 Å². The maximum atomic E-state index is 12.9. The van der Waals surface area contributed by atoms with Crippen molar-refractivity contribution in [1.82, 2.24) is 25.5 Å².